The lowest BCUT2D eigenvalue weighted by atomic mass is 10.1. The maximum Gasteiger partial charge on any atom is 0.250 e. The third-order valence-corrected chi connectivity index (χ3v) is 4.08. The van der Waals surface area contributed by atoms with Gasteiger partial charge in [0.05, 0.1) is 5.69 Å². The quantitative estimate of drug-likeness (QED) is 0.558. The number of nitrogens with zero attached hydrogens (tertiary/aromatic N) is 5. The van der Waals surface area contributed by atoms with Gasteiger partial charge in [-0.2, -0.15) is 9.61 Å². The van der Waals surface area contributed by atoms with E-state index < -0.39 is 0 Å². The number of carbonyl (C=O) groups excluding carboxylic acids is 1. The molecule has 4 rings (SSSR count). The van der Waals surface area contributed by atoms with E-state index in [4.69, 9.17) is 4.74 Å². The number of nitrogens with one attached hydrogen (secondary N) is 1. The summed E-state index contributed by atoms with van der Waals surface area (Å²) in [6, 6.07) is 15.0. The van der Waals surface area contributed by atoms with Crippen LogP contribution in [0.1, 0.15) is 6.92 Å². The minimum absolute atomic E-state index is 0.0429. The molecular formula is C20H18N6O2. The van der Waals surface area contributed by atoms with Crippen LogP contribution in [0, 0.1) is 0 Å². The van der Waals surface area contributed by atoms with Crippen molar-refractivity contribution in [3.8, 4) is 22.6 Å². The first-order chi connectivity index (χ1) is 13.7. The standard InChI is InChI=1S/C20H18N6O2/c1-2-28-13-19(27)22-16-7-5-14(6-8-16)17-9-10-18-23-24-20(26(18)25-17)15-4-3-11-21-12-15/h3-12H,2,13H2,1H3,(H,22,27). The Morgan fingerprint density at radius 3 is 2.68 bits per heavy atom. The Balaban J connectivity index is 1.60. The van der Waals surface area contributed by atoms with Gasteiger partial charge in [-0.15, -0.1) is 10.2 Å². The normalized spacial score (nSPS) is 10.9. The summed E-state index contributed by atoms with van der Waals surface area (Å²) in [7, 11) is 0. The van der Waals surface area contributed by atoms with Gasteiger partial charge in [0.25, 0.3) is 0 Å². The lowest BCUT2D eigenvalue weighted by Gasteiger charge is -2.07. The van der Waals surface area contributed by atoms with Gasteiger partial charge in [-0.25, -0.2) is 0 Å². The number of hydrogen-bond donors (Lipinski definition) is 1. The summed E-state index contributed by atoms with van der Waals surface area (Å²) >= 11 is 0. The zero-order chi connectivity index (χ0) is 19.3. The number of benzene rings is 1. The van der Waals surface area contributed by atoms with E-state index in [9.17, 15) is 4.79 Å². The Morgan fingerprint density at radius 2 is 1.93 bits per heavy atom. The molecule has 0 radical (unpaired) electrons. The molecule has 0 aliphatic carbocycles. The molecule has 140 valence electrons. The predicted molar refractivity (Wildman–Crippen MR) is 105 cm³/mol. The van der Waals surface area contributed by atoms with Crippen LogP contribution in [0.25, 0.3) is 28.3 Å². The average molecular weight is 374 g/mol. The SMILES string of the molecule is CCOCC(=O)Nc1ccc(-c2ccc3nnc(-c4cccnc4)n3n2)cc1. The van der Waals surface area contributed by atoms with Gasteiger partial charge in [0, 0.05) is 35.8 Å². The molecule has 0 unspecified atom stereocenters. The molecule has 1 N–H and O–H groups in total. The number of pyridine rings is 1. The summed E-state index contributed by atoms with van der Waals surface area (Å²) < 4.78 is 6.80. The van der Waals surface area contributed by atoms with Crippen molar-refractivity contribution in [1.29, 1.82) is 0 Å². The number of amides is 1. The Kier molecular flexibility index (Phi) is 5.03. The number of anilines is 1. The molecule has 3 aromatic heterocycles. The topological polar surface area (TPSA) is 94.3 Å². The fourth-order valence-electron chi connectivity index (χ4n) is 2.73. The Morgan fingerprint density at radius 1 is 1.07 bits per heavy atom. The van der Waals surface area contributed by atoms with Crippen molar-refractivity contribution >= 4 is 17.2 Å². The Bertz CT molecular complexity index is 1090. The number of rotatable bonds is 6. The maximum atomic E-state index is 11.7. The van der Waals surface area contributed by atoms with Crippen LogP contribution in [0.5, 0.6) is 0 Å². The van der Waals surface area contributed by atoms with E-state index in [2.05, 4.69) is 25.6 Å². The molecule has 1 aromatic carbocycles. The van der Waals surface area contributed by atoms with Crippen molar-refractivity contribution in [1.82, 2.24) is 24.8 Å². The second-order valence-electron chi connectivity index (χ2n) is 6.02. The smallest absolute Gasteiger partial charge is 0.250 e. The van der Waals surface area contributed by atoms with Crippen LogP contribution in [0.2, 0.25) is 0 Å². The highest BCUT2D eigenvalue weighted by atomic mass is 16.5. The van der Waals surface area contributed by atoms with Crippen molar-refractivity contribution < 1.29 is 9.53 Å². The zero-order valence-electron chi connectivity index (χ0n) is 15.2. The number of aromatic nitrogens is 5. The molecule has 0 fully saturated rings. The van der Waals surface area contributed by atoms with Gasteiger partial charge in [-0.1, -0.05) is 12.1 Å². The van der Waals surface area contributed by atoms with E-state index >= 15 is 0 Å². The second kappa shape index (κ2) is 7.93. The van der Waals surface area contributed by atoms with Crippen molar-refractivity contribution in [3.05, 3.63) is 60.9 Å². The average Bonchev–Trinajstić information content (AvgIpc) is 3.17. The summed E-state index contributed by atoms with van der Waals surface area (Å²) in [4.78, 5) is 15.9. The highest BCUT2D eigenvalue weighted by Gasteiger charge is 2.11. The number of carbonyl (C=O) groups is 1. The maximum absolute atomic E-state index is 11.7. The molecule has 0 aliphatic rings. The Labute approximate surface area is 161 Å². The van der Waals surface area contributed by atoms with Gasteiger partial charge in [-0.3, -0.25) is 9.78 Å². The monoisotopic (exact) mass is 374 g/mol. The minimum atomic E-state index is -0.181. The van der Waals surface area contributed by atoms with Gasteiger partial charge >= 0.3 is 0 Å². The van der Waals surface area contributed by atoms with E-state index in [-0.39, 0.29) is 12.5 Å². The van der Waals surface area contributed by atoms with Crippen LogP contribution < -0.4 is 5.32 Å². The lowest BCUT2D eigenvalue weighted by molar-refractivity contribution is -0.120. The van der Waals surface area contributed by atoms with Crippen molar-refractivity contribution in [2.45, 2.75) is 6.92 Å². The number of fused-ring (bicyclic) bond motifs is 1. The molecule has 0 saturated heterocycles. The third-order valence-electron chi connectivity index (χ3n) is 4.08. The third kappa shape index (κ3) is 3.72. The molecular weight excluding hydrogens is 356 g/mol. The van der Waals surface area contributed by atoms with Crippen molar-refractivity contribution in [2.24, 2.45) is 0 Å². The first-order valence-corrected chi connectivity index (χ1v) is 8.85. The van der Waals surface area contributed by atoms with E-state index in [1.54, 1.807) is 16.9 Å². The second-order valence-corrected chi connectivity index (χ2v) is 6.02. The largest absolute Gasteiger partial charge is 0.372 e. The van der Waals surface area contributed by atoms with E-state index in [0.29, 0.717) is 23.8 Å². The molecule has 0 bridgehead atoms. The highest BCUT2D eigenvalue weighted by molar-refractivity contribution is 5.91. The molecule has 0 spiro atoms. The van der Waals surface area contributed by atoms with E-state index in [0.717, 1.165) is 16.8 Å². The first kappa shape index (κ1) is 17.7. The fourth-order valence-corrected chi connectivity index (χ4v) is 2.73. The van der Waals surface area contributed by atoms with Crippen LogP contribution in [-0.2, 0) is 9.53 Å². The van der Waals surface area contributed by atoms with Gasteiger partial charge in [0.2, 0.25) is 5.91 Å². The first-order valence-electron chi connectivity index (χ1n) is 8.85. The van der Waals surface area contributed by atoms with Gasteiger partial charge < -0.3 is 10.1 Å². The molecule has 0 atom stereocenters. The molecule has 8 nitrogen and oxygen atoms in total. The van der Waals surface area contributed by atoms with Crippen LogP contribution in [-0.4, -0.2) is 43.9 Å². The fraction of sp³-hybridized carbons (Fsp3) is 0.150. The Hall–Kier alpha value is -3.65. The highest BCUT2D eigenvalue weighted by Crippen LogP contribution is 2.22. The van der Waals surface area contributed by atoms with Gasteiger partial charge in [-0.05, 0) is 43.3 Å². The van der Waals surface area contributed by atoms with Crippen LogP contribution in [0.3, 0.4) is 0 Å². The number of hydrogen-bond acceptors (Lipinski definition) is 6. The summed E-state index contributed by atoms with van der Waals surface area (Å²) in [6.45, 7) is 2.40. The van der Waals surface area contributed by atoms with Crippen molar-refractivity contribution in [2.75, 3.05) is 18.5 Å². The van der Waals surface area contributed by atoms with E-state index in [1.807, 2.05) is 55.5 Å². The van der Waals surface area contributed by atoms with Gasteiger partial charge in [0.1, 0.15) is 6.61 Å². The van der Waals surface area contributed by atoms with Crippen LogP contribution in [0.15, 0.2) is 60.9 Å². The number of ether oxygens (including phenoxy) is 1. The molecule has 28 heavy (non-hydrogen) atoms. The molecule has 3 heterocycles. The van der Waals surface area contributed by atoms with Gasteiger partial charge in [0.15, 0.2) is 11.5 Å². The lowest BCUT2D eigenvalue weighted by Crippen LogP contribution is -2.18. The van der Waals surface area contributed by atoms with Crippen molar-refractivity contribution in [3.63, 3.8) is 0 Å². The summed E-state index contributed by atoms with van der Waals surface area (Å²) in [5.74, 6) is 0.449. The van der Waals surface area contributed by atoms with Crippen LogP contribution in [0.4, 0.5) is 5.69 Å². The minimum Gasteiger partial charge on any atom is -0.372 e. The zero-order valence-corrected chi connectivity index (χ0v) is 15.2. The summed E-state index contributed by atoms with van der Waals surface area (Å²) in [5.41, 5.74) is 3.88. The predicted octanol–water partition coefficient (Wildman–Crippen LogP) is 2.83. The molecule has 8 heteroatoms. The molecule has 1 amide bonds. The molecule has 4 aromatic rings. The molecule has 0 aliphatic heterocycles. The molecule has 0 saturated carbocycles. The van der Waals surface area contributed by atoms with Crippen LogP contribution >= 0.6 is 0 Å². The van der Waals surface area contributed by atoms with E-state index in [1.165, 1.54) is 0 Å². The summed E-state index contributed by atoms with van der Waals surface area (Å²) in [5, 5.41) is 15.9. The summed E-state index contributed by atoms with van der Waals surface area (Å²) in [6.07, 6.45) is 3.44.